The zero-order valence-corrected chi connectivity index (χ0v) is 10.9. The lowest BCUT2D eigenvalue weighted by Gasteiger charge is -2.02. The third kappa shape index (κ3) is 3.85. The summed E-state index contributed by atoms with van der Waals surface area (Å²) in [4.78, 5) is 23.5. The van der Waals surface area contributed by atoms with Crippen molar-refractivity contribution in [3.8, 4) is 0 Å². The first-order chi connectivity index (χ1) is 8.08. The number of amides is 1. The molecule has 0 fully saturated rings. The largest absolute Gasteiger partial charge is 0.478 e. The van der Waals surface area contributed by atoms with Crippen molar-refractivity contribution in [1.82, 2.24) is 0 Å². The van der Waals surface area contributed by atoms with Gasteiger partial charge in [0.15, 0.2) is 0 Å². The molecular weight excluding hydrogens is 238 g/mol. The summed E-state index contributed by atoms with van der Waals surface area (Å²) < 4.78 is 0. The highest BCUT2D eigenvalue weighted by Gasteiger charge is 2.16. The molecule has 1 amide bonds. The van der Waals surface area contributed by atoms with Crippen LogP contribution >= 0.6 is 11.3 Å². The topological polar surface area (TPSA) is 66.4 Å². The number of carbonyl (C=O) groups is 2. The van der Waals surface area contributed by atoms with Gasteiger partial charge in [0.1, 0.15) is 5.00 Å². The second-order valence-corrected chi connectivity index (χ2v) is 4.90. The molecule has 0 aliphatic rings. The maximum Gasteiger partial charge on any atom is 0.338 e. The molecule has 0 bridgehead atoms. The zero-order valence-electron chi connectivity index (χ0n) is 10.1. The van der Waals surface area contributed by atoms with Crippen molar-refractivity contribution in [2.45, 2.75) is 39.5 Å². The van der Waals surface area contributed by atoms with Crippen LogP contribution in [-0.4, -0.2) is 17.0 Å². The number of aryl methyl sites for hydroxylation is 1. The van der Waals surface area contributed by atoms with Crippen LogP contribution in [0, 0.1) is 0 Å². The van der Waals surface area contributed by atoms with Crippen molar-refractivity contribution in [3.05, 3.63) is 16.5 Å². The van der Waals surface area contributed by atoms with E-state index in [-0.39, 0.29) is 11.5 Å². The van der Waals surface area contributed by atoms with Crippen LogP contribution in [0.3, 0.4) is 0 Å². The van der Waals surface area contributed by atoms with Crippen LogP contribution in [0.4, 0.5) is 5.00 Å². The van der Waals surface area contributed by atoms with E-state index in [0.29, 0.717) is 11.4 Å². The maximum atomic E-state index is 11.5. The zero-order chi connectivity index (χ0) is 12.8. The van der Waals surface area contributed by atoms with Gasteiger partial charge in [0.05, 0.1) is 5.56 Å². The number of hydrogen-bond acceptors (Lipinski definition) is 3. The first-order valence-corrected chi connectivity index (χ1v) is 6.56. The molecule has 1 aromatic rings. The molecule has 17 heavy (non-hydrogen) atoms. The number of carboxylic acid groups (broad SMARTS) is 1. The summed E-state index contributed by atoms with van der Waals surface area (Å²) in [5, 5.41) is 12.2. The van der Waals surface area contributed by atoms with Crippen molar-refractivity contribution in [2.24, 2.45) is 0 Å². The molecule has 4 nitrogen and oxygen atoms in total. The fourth-order valence-electron chi connectivity index (χ4n) is 1.39. The van der Waals surface area contributed by atoms with E-state index >= 15 is 0 Å². The molecule has 1 aromatic heterocycles. The predicted molar refractivity (Wildman–Crippen MR) is 68.8 cm³/mol. The summed E-state index contributed by atoms with van der Waals surface area (Å²) in [6, 6.07) is 1.63. The van der Waals surface area contributed by atoms with Gasteiger partial charge in [-0.15, -0.1) is 11.3 Å². The summed E-state index contributed by atoms with van der Waals surface area (Å²) in [5.74, 6) is -1.11. The summed E-state index contributed by atoms with van der Waals surface area (Å²) in [7, 11) is 0. The standard InChI is InChI=1S/C12H17NO3S/c1-3-5-6-10(14)13-11-9(12(15)16)7-8(4-2)17-11/h7H,3-6H2,1-2H3,(H,13,14)(H,15,16). The average molecular weight is 255 g/mol. The Bertz CT molecular complexity index is 412. The Hall–Kier alpha value is -1.36. The van der Waals surface area contributed by atoms with E-state index in [9.17, 15) is 9.59 Å². The average Bonchev–Trinajstić information content (AvgIpc) is 2.69. The Kier molecular flexibility index (Phi) is 5.15. The van der Waals surface area contributed by atoms with Crippen molar-refractivity contribution in [1.29, 1.82) is 0 Å². The van der Waals surface area contributed by atoms with Gasteiger partial charge in [0, 0.05) is 11.3 Å². The predicted octanol–water partition coefficient (Wildman–Crippen LogP) is 3.14. The molecule has 0 radical (unpaired) electrons. The van der Waals surface area contributed by atoms with Crippen molar-refractivity contribution < 1.29 is 14.7 Å². The van der Waals surface area contributed by atoms with Gasteiger partial charge in [0.2, 0.25) is 5.91 Å². The summed E-state index contributed by atoms with van der Waals surface area (Å²) >= 11 is 1.34. The molecule has 1 heterocycles. The van der Waals surface area contributed by atoms with Crippen LogP contribution in [0.5, 0.6) is 0 Å². The van der Waals surface area contributed by atoms with Crippen LogP contribution in [-0.2, 0) is 11.2 Å². The number of unbranched alkanes of at least 4 members (excludes halogenated alkanes) is 1. The molecule has 0 aliphatic carbocycles. The van der Waals surface area contributed by atoms with Crippen molar-refractivity contribution in [3.63, 3.8) is 0 Å². The summed E-state index contributed by atoms with van der Waals surface area (Å²) in [5.41, 5.74) is 0.191. The highest BCUT2D eigenvalue weighted by Crippen LogP contribution is 2.28. The van der Waals surface area contributed by atoms with E-state index in [1.54, 1.807) is 6.07 Å². The van der Waals surface area contributed by atoms with E-state index in [0.717, 1.165) is 24.1 Å². The second-order valence-electron chi connectivity index (χ2n) is 3.77. The molecule has 0 saturated carbocycles. The molecule has 5 heteroatoms. The van der Waals surface area contributed by atoms with E-state index in [1.165, 1.54) is 11.3 Å². The monoisotopic (exact) mass is 255 g/mol. The van der Waals surface area contributed by atoms with Crippen LogP contribution < -0.4 is 5.32 Å². The van der Waals surface area contributed by atoms with Crippen molar-refractivity contribution in [2.75, 3.05) is 5.32 Å². The minimum absolute atomic E-state index is 0.112. The number of carboxylic acids is 1. The smallest absolute Gasteiger partial charge is 0.338 e. The Morgan fingerprint density at radius 3 is 2.65 bits per heavy atom. The molecule has 0 unspecified atom stereocenters. The van der Waals surface area contributed by atoms with Gasteiger partial charge >= 0.3 is 5.97 Å². The Morgan fingerprint density at radius 1 is 1.41 bits per heavy atom. The van der Waals surface area contributed by atoms with Gasteiger partial charge in [-0.2, -0.15) is 0 Å². The molecule has 0 aliphatic heterocycles. The van der Waals surface area contributed by atoms with Gasteiger partial charge in [-0.1, -0.05) is 20.3 Å². The van der Waals surface area contributed by atoms with Crippen LogP contribution in [0.15, 0.2) is 6.07 Å². The fraction of sp³-hybridized carbons (Fsp3) is 0.500. The number of anilines is 1. The van der Waals surface area contributed by atoms with E-state index in [4.69, 9.17) is 5.11 Å². The fourth-order valence-corrected chi connectivity index (χ4v) is 2.40. The van der Waals surface area contributed by atoms with Gasteiger partial charge < -0.3 is 10.4 Å². The van der Waals surface area contributed by atoms with Gasteiger partial charge in [-0.25, -0.2) is 4.79 Å². The number of nitrogens with one attached hydrogen (secondary N) is 1. The third-order valence-corrected chi connectivity index (χ3v) is 3.57. The summed E-state index contributed by atoms with van der Waals surface area (Å²) in [6.45, 7) is 3.97. The molecule has 0 atom stereocenters. The van der Waals surface area contributed by atoms with E-state index in [2.05, 4.69) is 5.32 Å². The van der Waals surface area contributed by atoms with Crippen LogP contribution in [0.2, 0.25) is 0 Å². The Balaban J connectivity index is 2.78. The lowest BCUT2D eigenvalue weighted by Crippen LogP contribution is -2.12. The van der Waals surface area contributed by atoms with Gasteiger partial charge in [-0.3, -0.25) is 4.79 Å². The lowest BCUT2D eigenvalue weighted by molar-refractivity contribution is -0.116. The highest BCUT2D eigenvalue weighted by molar-refractivity contribution is 7.16. The molecule has 2 N–H and O–H groups in total. The molecule has 0 aromatic carbocycles. The number of hydrogen-bond donors (Lipinski definition) is 2. The summed E-state index contributed by atoms with van der Waals surface area (Å²) in [6.07, 6.45) is 2.98. The number of rotatable bonds is 6. The minimum atomic E-state index is -0.994. The number of carbonyl (C=O) groups excluding carboxylic acids is 1. The number of aromatic carboxylic acids is 1. The molecule has 94 valence electrons. The van der Waals surface area contributed by atoms with Gasteiger partial charge in [-0.05, 0) is 18.9 Å². The van der Waals surface area contributed by atoms with E-state index in [1.807, 2.05) is 13.8 Å². The highest BCUT2D eigenvalue weighted by atomic mass is 32.1. The van der Waals surface area contributed by atoms with Crippen molar-refractivity contribution >= 4 is 28.2 Å². The first-order valence-electron chi connectivity index (χ1n) is 5.74. The van der Waals surface area contributed by atoms with Crippen LogP contribution in [0.1, 0.15) is 48.3 Å². The van der Waals surface area contributed by atoms with Crippen LogP contribution in [0.25, 0.3) is 0 Å². The SMILES string of the molecule is CCCCC(=O)Nc1sc(CC)cc1C(=O)O. The molecule has 0 spiro atoms. The molecular formula is C12H17NO3S. The Morgan fingerprint density at radius 2 is 2.12 bits per heavy atom. The molecule has 0 saturated heterocycles. The maximum absolute atomic E-state index is 11.5. The second kappa shape index (κ2) is 6.39. The normalized spacial score (nSPS) is 10.2. The quantitative estimate of drug-likeness (QED) is 0.820. The van der Waals surface area contributed by atoms with E-state index < -0.39 is 5.97 Å². The lowest BCUT2D eigenvalue weighted by atomic mass is 10.2. The third-order valence-electron chi connectivity index (χ3n) is 2.37. The molecule has 1 rings (SSSR count). The Labute approximate surface area is 105 Å². The van der Waals surface area contributed by atoms with Gasteiger partial charge in [0.25, 0.3) is 0 Å². The minimum Gasteiger partial charge on any atom is -0.478 e. The first kappa shape index (κ1) is 13.7. The number of thiophene rings is 1.